The lowest BCUT2D eigenvalue weighted by Gasteiger charge is -2.12. The molecule has 0 radical (unpaired) electrons. The molecule has 0 aliphatic carbocycles. The standard InChI is InChI=1S/C22H24N4O2/c1-15-7-6-8-16(2)20(15)26-22-24-14-12-18(25-22)21(27)23-13-11-17-9-4-5-10-19(17)28-3/h4-10,12,14H,11,13H2,1-3H3,(H,23,27)(H,24,25,26). The van der Waals surface area contributed by atoms with Crippen molar-refractivity contribution < 1.29 is 9.53 Å². The maximum Gasteiger partial charge on any atom is 0.270 e. The molecule has 1 heterocycles. The second-order valence-electron chi connectivity index (χ2n) is 6.48. The summed E-state index contributed by atoms with van der Waals surface area (Å²) in [7, 11) is 1.64. The normalized spacial score (nSPS) is 10.4. The molecule has 0 bridgehead atoms. The number of methoxy groups -OCH3 is 1. The predicted molar refractivity (Wildman–Crippen MR) is 110 cm³/mol. The summed E-state index contributed by atoms with van der Waals surface area (Å²) in [6.07, 6.45) is 2.26. The number of ether oxygens (including phenoxy) is 1. The van der Waals surface area contributed by atoms with Gasteiger partial charge in [-0.05, 0) is 49.1 Å². The van der Waals surface area contributed by atoms with Crippen molar-refractivity contribution in [2.75, 3.05) is 19.0 Å². The number of rotatable bonds is 7. The van der Waals surface area contributed by atoms with Crippen molar-refractivity contribution in [2.24, 2.45) is 0 Å². The third-order valence-corrected chi connectivity index (χ3v) is 4.48. The van der Waals surface area contributed by atoms with Crippen LogP contribution in [-0.4, -0.2) is 29.5 Å². The van der Waals surface area contributed by atoms with Crippen LogP contribution in [-0.2, 0) is 6.42 Å². The van der Waals surface area contributed by atoms with E-state index >= 15 is 0 Å². The van der Waals surface area contributed by atoms with E-state index in [0.29, 0.717) is 24.6 Å². The lowest BCUT2D eigenvalue weighted by Crippen LogP contribution is -2.27. The molecule has 3 aromatic rings. The maximum atomic E-state index is 12.5. The molecule has 0 atom stereocenters. The van der Waals surface area contributed by atoms with Crippen LogP contribution in [0.1, 0.15) is 27.2 Å². The van der Waals surface area contributed by atoms with Gasteiger partial charge in [0.1, 0.15) is 11.4 Å². The molecule has 0 saturated heterocycles. The Morgan fingerprint density at radius 1 is 1.04 bits per heavy atom. The summed E-state index contributed by atoms with van der Waals surface area (Å²) in [6, 6.07) is 15.4. The molecule has 1 aromatic heterocycles. The zero-order chi connectivity index (χ0) is 19.9. The highest BCUT2D eigenvalue weighted by Crippen LogP contribution is 2.22. The van der Waals surface area contributed by atoms with Crippen LogP contribution in [0.25, 0.3) is 0 Å². The van der Waals surface area contributed by atoms with Crippen molar-refractivity contribution in [3.8, 4) is 5.75 Å². The lowest BCUT2D eigenvalue weighted by atomic mass is 10.1. The Morgan fingerprint density at radius 2 is 1.79 bits per heavy atom. The molecule has 0 aliphatic rings. The third-order valence-electron chi connectivity index (χ3n) is 4.48. The first-order valence-electron chi connectivity index (χ1n) is 9.15. The molecule has 0 saturated carbocycles. The first-order valence-corrected chi connectivity index (χ1v) is 9.15. The molecule has 6 nitrogen and oxygen atoms in total. The van der Waals surface area contributed by atoms with Gasteiger partial charge in [0.15, 0.2) is 0 Å². The highest BCUT2D eigenvalue weighted by atomic mass is 16.5. The van der Waals surface area contributed by atoms with E-state index in [1.807, 2.05) is 56.3 Å². The van der Waals surface area contributed by atoms with Crippen LogP contribution >= 0.6 is 0 Å². The number of carbonyl (C=O) groups excluding carboxylic acids is 1. The first kappa shape index (κ1) is 19.4. The van der Waals surface area contributed by atoms with Crippen LogP contribution in [0.3, 0.4) is 0 Å². The number of nitrogens with zero attached hydrogens (tertiary/aromatic N) is 2. The molecule has 2 aromatic carbocycles. The van der Waals surface area contributed by atoms with E-state index in [0.717, 1.165) is 28.1 Å². The summed E-state index contributed by atoms with van der Waals surface area (Å²) >= 11 is 0. The summed E-state index contributed by atoms with van der Waals surface area (Å²) in [6.45, 7) is 4.52. The van der Waals surface area contributed by atoms with Gasteiger partial charge in [0.05, 0.1) is 7.11 Å². The second kappa shape index (κ2) is 8.99. The summed E-state index contributed by atoms with van der Waals surface area (Å²) in [5.41, 5.74) is 4.51. The molecule has 0 spiro atoms. The van der Waals surface area contributed by atoms with Gasteiger partial charge in [-0.15, -0.1) is 0 Å². The Kier molecular flexibility index (Phi) is 6.22. The smallest absolute Gasteiger partial charge is 0.270 e. The van der Waals surface area contributed by atoms with Gasteiger partial charge >= 0.3 is 0 Å². The molecule has 3 rings (SSSR count). The quantitative estimate of drug-likeness (QED) is 0.656. The van der Waals surface area contributed by atoms with E-state index in [9.17, 15) is 4.79 Å². The van der Waals surface area contributed by atoms with Crippen LogP contribution in [0.4, 0.5) is 11.6 Å². The molecule has 2 N–H and O–H groups in total. The fraction of sp³-hybridized carbons (Fsp3) is 0.227. The maximum absolute atomic E-state index is 12.5. The SMILES string of the molecule is COc1ccccc1CCNC(=O)c1ccnc(Nc2c(C)cccc2C)n1. The molecule has 6 heteroatoms. The van der Waals surface area contributed by atoms with Crippen LogP contribution < -0.4 is 15.4 Å². The molecule has 144 valence electrons. The van der Waals surface area contributed by atoms with Crippen molar-refractivity contribution in [3.05, 3.63) is 77.1 Å². The van der Waals surface area contributed by atoms with Gasteiger partial charge in [0, 0.05) is 18.4 Å². The molecule has 0 aliphatic heterocycles. The number of anilines is 2. The lowest BCUT2D eigenvalue weighted by molar-refractivity contribution is 0.0949. The number of para-hydroxylation sites is 2. The number of amides is 1. The fourth-order valence-corrected chi connectivity index (χ4v) is 2.98. The topological polar surface area (TPSA) is 76.1 Å². The molecule has 28 heavy (non-hydrogen) atoms. The zero-order valence-electron chi connectivity index (χ0n) is 16.3. The third kappa shape index (κ3) is 4.65. The van der Waals surface area contributed by atoms with Crippen LogP contribution in [0, 0.1) is 13.8 Å². The summed E-state index contributed by atoms with van der Waals surface area (Å²) in [4.78, 5) is 21.0. The molecule has 0 unspecified atom stereocenters. The van der Waals surface area contributed by atoms with Gasteiger partial charge in [-0.3, -0.25) is 4.79 Å². The predicted octanol–water partition coefficient (Wildman–Crippen LogP) is 3.82. The highest BCUT2D eigenvalue weighted by molar-refractivity contribution is 5.92. The molecule has 0 fully saturated rings. The van der Waals surface area contributed by atoms with Crippen molar-refractivity contribution in [1.82, 2.24) is 15.3 Å². The molecular weight excluding hydrogens is 352 g/mol. The van der Waals surface area contributed by atoms with Crippen LogP contribution in [0.15, 0.2) is 54.7 Å². The Balaban J connectivity index is 1.64. The first-order chi connectivity index (χ1) is 13.6. The van der Waals surface area contributed by atoms with Gasteiger partial charge < -0.3 is 15.4 Å². The average molecular weight is 376 g/mol. The van der Waals surface area contributed by atoms with E-state index in [1.54, 1.807) is 19.4 Å². The summed E-state index contributed by atoms with van der Waals surface area (Å²) < 4.78 is 5.34. The fourth-order valence-electron chi connectivity index (χ4n) is 2.98. The van der Waals surface area contributed by atoms with E-state index in [1.165, 1.54) is 0 Å². The molecule has 1 amide bonds. The Hall–Kier alpha value is -3.41. The van der Waals surface area contributed by atoms with Gasteiger partial charge in [0.25, 0.3) is 5.91 Å². The minimum Gasteiger partial charge on any atom is -0.496 e. The number of hydrogen-bond acceptors (Lipinski definition) is 5. The Morgan fingerprint density at radius 3 is 2.54 bits per heavy atom. The van der Waals surface area contributed by atoms with E-state index < -0.39 is 0 Å². The summed E-state index contributed by atoms with van der Waals surface area (Å²) in [5.74, 6) is 0.982. The van der Waals surface area contributed by atoms with Crippen LogP contribution in [0.5, 0.6) is 5.75 Å². The van der Waals surface area contributed by atoms with E-state index in [4.69, 9.17) is 4.74 Å². The van der Waals surface area contributed by atoms with Gasteiger partial charge in [-0.25, -0.2) is 9.97 Å². The highest BCUT2D eigenvalue weighted by Gasteiger charge is 2.11. The number of carbonyl (C=O) groups is 1. The van der Waals surface area contributed by atoms with E-state index in [-0.39, 0.29) is 5.91 Å². The van der Waals surface area contributed by atoms with Crippen molar-refractivity contribution in [1.29, 1.82) is 0 Å². The molecular formula is C22H24N4O2. The van der Waals surface area contributed by atoms with Crippen molar-refractivity contribution >= 4 is 17.5 Å². The van der Waals surface area contributed by atoms with Gasteiger partial charge in [-0.1, -0.05) is 36.4 Å². The number of aryl methyl sites for hydroxylation is 2. The largest absolute Gasteiger partial charge is 0.496 e. The van der Waals surface area contributed by atoms with Crippen molar-refractivity contribution in [2.45, 2.75) is 20.3 Å². The number of aromatic nitrogens is 2. The van der Waals surface area contributed by atoms with Crippen LogP contribution in [0.2, 0.25) is 0 Å². The van der Waals surface area contributed by atoms with E-state index in [2.05, 4.69) is 20.6 Å². The monoisotopic (exact) mass is 376 g/mol. The van der Waals surface area contributed by atoms with Crippen molar-refractivity contribution in [3.63, 3.8) is 0 Å². The minimum absolute atomic E-state index is 0.234. The second-order valence-corrected chi connectivity index (χ2v) is 6.48. The average Bonchev–Trinajstić information content (AvgIpc) is 2.71. The number of nitrogens with one attached hydrogen (secondary N) is 2. The Bertz CT molecular complexity index is 952. The zero-order valence-corrected chi connectivity index (χ0v) is 16.3. The summed E-state index contributed by atoms with van der Waals surface area (Å²) in [5, 5.41) is 6.11. The minimum atomic E-state index is -0.234. The van der Waals surface area contributed by atoms with Gasteiger partial charge in [0.2, 0.25) is 5.95 Å². The number of hydrogen-bond donors (Lipinski definition) is 2. The van der Waals surface area contributed by atoms with Gasteiger partial charge in [-0.2, -0.15) is 0 Å². The Labute approximate surface area is 165 Å². The number of benzene rings is 2.